The van der Waals surface area contributed by atoms with Crippen molar-refractivity contribution in [1.29, 1.82) is 0 Å². The molecule has 2 rings (SSSR count). The molecule has 2 aromatic rings. The summed E-state index contributed by atoms with van der Waals surface area (Å²) in [6.07, 6.45) is 3.28. The molecule has 0 fully saturated rings. The second kappa shape index (κ2) is 8.94. The number of carbonyl (C=O) groups excluding carboxylic acids is 1. The molecule has 0 aliphatic carbocycles. The summed E-state index contributed by atoms with van der Waals surface area (Å²) in [5.74, 6) is -0.358. The summed E-state index contributed by atoms with van der Waals surface area (Å²) in [7, 11) is -3.53. The van der Waals surface area contributed by atoms with Crippen molar-refractivity contribution < 1.29 is 13.2 Å². The smallest absolute Gasteiger partial charge is 0.235 e. The van der Waals surface area contributed by atoms with Gasteiger partial charge >= 0.3 is 0 Å². The van der Waals surface area contributed by atoms with Crippen LogP contribution in [-0.2, 0) is 27.8 Å². The maximum atomic E-state index is 12.1. The predicted octanol–water partition coefficient (Wildman–Crippen LogP) is 1.86. The van der Waals surface area contributed by atoms with Gasteiger partial charge in [0.05, 0.1) is 25.0 Å². The number of sulfonamides is 1. The Kier molecular flexibility index (Phi) is 6.92. The highest BCUT2D eigenvalue weighted by molar-refractivity contribution is 7.88. The third kappa shape index (κ3) is 6.81. The average molecular weight is 382 g/mol. The molecule has 134 valence electrons. The predicted molar refractivity (Wildman–Crippen MR) is 97.7 cm³/mol. The molecule has 0 unspecified atom stereocenters. The maximum Gasteiger partial charge on any atom is 0.235 e. The second-order valence-electron chi connectivity index (χ2n) is 5.58. The Morgan fingerprint density at radius 2 is 2.04 bits per heavy atom. The molecule has 0 saturated heterocycles. The third-order valence-electron chi connectivity index (χ3n) is 3.48. The zero-order valence-corrected chi connectivity index (χ0v) is 15.4. The fourth-order valence-electron chi connectivity index (χ4n) is 2.22. The molecule has 0 aliphatic rings. The number of benzene rings is 1. The van der Waals surface area contributed by atoms with E-state index in [0.29, 0.717) is 23.7 Å². The molecule has 6 nitrogen and oxygen atoms in total. The Morgan fingerprint density at radius 1 is 1.24 bits per heavy atom. The van der Waals surface area contributed by atoms with Crippen molar-refractivity contribution in [3.05, 3.63) is 64.9 Å². The van der Waals surface area contributed by atoms with Crippen LogP contribution >= 0.6 is 11.6 Å². The van der Waals surface area contributed by atoms with Gasteiger partial charge in [-0.05, 0) is 36.2 Å². The van der Waals surface area contributed by atoms with Crippen LogP contribution in [0, 0.1) is 0 Å². The molecule has 0 atom stereocenters. The topological polar surface area (TPSA) is 79.4 Å². The van der Waals surface area contributed by atoms with E-state index in [1.54, 1.807) is 30.5 Å². The highest BCUT2D eigenvalue weighted by Gasteiger charge is 2.20. The van der Waals surface area contributed by atoms with E-state index in [0.717, 1.165) is 16.1 Å². The third-order valence-corrected chi connectivity index (χ3v) is 4.91. The van der Waals surface area contributed by atoms with E-state index in [4.69, 9.17) is 11.6 Å². The molecule has 8 heteroatoms. The Hall–Kier alpha value is -1.96. The number of hydrogen-bond acceptors (Lipinski definition) is 4. The second-order valence-corrected chi connectivity index (χ2v) is 8.00. The largest absolute Gasteiger partial charge is 0.355 e. The van der Waals surface area contributed by atoms with E-state index < -0.39 is 10.0 Å². The van der Waals surface area contributed by atoms with Crippen molar-refractivity contribution in [2.75, 3.05) is 19.3 Å². The number of carbonyl (C=O) groups is 1. The Balaban J connectivity index is 1.89. The lowest BCUT2D eigenvalue weighted by Gasteiger charge is -2.19. The minimum absolute atomic E-state index is 0.0569. The van der Waals surface area contributed by atoms with Crippen LogP contribution in [0.3, 0.4) is 0 Å². The van der Waals surface area contributed by atoms with E-state index >= 15 is 0 Å². The Labute approximate surface area is 152 Å². The average Bonchev–Trinajstić information content (AvgIpc) is 2.54. The van der Waals surface area contributed by atoms with Gasteiger partial charge in [-0.3, -0.25) is 9.78 Å². The quantitative estimate of drug-likeness (QED) is 0.756. The van der Waals surface area contributed by atoms with Crippen LogP contribution in [0.15, 0.2) is 48.7 Å². The fraction of sp³-hybridized carbons (Fsp3) is 0.294. The summed E-state index contributed by atoms with van der Waals surface area (Å²) in [5.41, 5.74) is 1.58. The van der Waals surface area contributed by atoms with Gasteiger partial charge in [0.2, 0.25) is 15.9 Å². The molecule has 1 N–H and O–H groups in total. The minimum Gasteiger partial charge on any atom is -0.355 e. The molecule has 25 heavy (non-hydrogen) atoms. The number of nitrogens with one attached hydrogen (secondary N) is 1. The fourth-order valence-corrected chi connectivity index (χ4v) is 3.15. The van der Waals surface area contributed by atoms with E-state index in [1.165, 1.54) is 0 Å². The van der Waals surface area contributed by atoms with Gasteiger partial charge in [-0.25, -0.2) is 8.42 Å². The highest BCUT2D eigenvalue weighted by atomic mass is 35.5. The van der Waals surface area contributed by atoms with Gasteiger partial charge in [-0.2, -0.15) is 4.31 Å². The van der Waals surface area contributed by atoms with Gasteiger partial charge in [0.1, 0.15) is 0 Å². The molecule has 0 bridgehead atoms. The van der Waals surface area contributed by atoms with Gasteiger partial charge in [-0.1, -0.05) is 29.8 Å². The molecule has 1 aromatic heterocycles. The van der Waals surface area contributed by atoms with Crippen molar-refractivity contribution >= 4 is 27.5 Å². The monoisotopic (exact) mass is 381 g/mol. The Bertz CT molecular complexity index is 813. The van der Waals surface area contributed by atoms with Crippen molar-refractivity contribution in [2.45, 2.75) is 13.0 Å². The van der Waals surface area contributed by atoms with Gasteiger partial charge in [0, 0.05) is 17.8 Å². The first-order valence-corrected chi connectivity index (χ1v) is 9.93. The van der Waals surface area contributed by atoms with Gasteiger partial charge in [0.25, 0.3) is 0 Å². The number of aromatic nitrogens is 1. The van der Waals surface area contributed by atoms with Crippen LogP contribution in [0.25, 0.3) is 0 Å². The molecule has 0 spiro atoms. The first-order chi connectivity index (χ1) is 11.8. The minimum atomic E-state index is -3.53. The van der Waals surface area contributed by atoms with Crippen LogP contribution in [0.4, 0.5) is 0 Å². The van der Waals surface area contributed by atoms with Crippen molar-refractivity contribution in [3.63, 3.8) is 0 Å². The summed E-state index contributed by atoms with van der Waals surface area (Å²) in [4.78, 5) is 16.2. The van der Waals surface area contributed by atoms with E-state index in [9.17, 15) is 13.2 Å². The van der Waals surface area contributed by atoms with Crippen LogP contribution in [0.5, 0.6) is 0 Å². The number of nitrogens with zero attached hydrogens (tertiary/aromatic N) is 2. The summed E-state index contributed by atoms with van der Waals surface area (Å²) in [6.45, 7) is 0.215. The summed E-state index contributed by atoms with van der Waals surface area (Å²) in [6, 6.07) is 12.6. The zero-order valence-electron chi connectivity index (χ0n) is 13.9. The lowest BCUT2D eigenvalue weighted by Crippen LogP contribution is -2.40. The highest BCUT2D eigenvalue weighted by Crippen LogP contribution is 2.10. The SMILES string of the molecule is CS(=O)(=O)N(CC(=O)NCCc1cccc(Cl)c1)Cc1ccccn1. The van der Waals surface area contributed by atoms with Crippen molar-refractivity contribution in [1.82, 2.24) is 14.6 Å². The molecule has 1 heterocycles. The molecule has 0 aliphatic heterocycles. The van der Waals surface area contributed by atoms with Crippen molar-refractivity contribution in [2.24, 2.45) is 0 Å². The molecule has 0 radical (unpaired) electrons. The van der Waals surface area contributed by atoms with Crippen LogP contribution in [0.2, 0.25) is 5.02 Å². The van der Waals surface area contributed by atoms with E-state index in [-0.39, 0.29) is 19.0 Å². The standard InChI is InChI=1S/C17H20ClN3O3S/c1-25(23,24)21(12-16-7-2-3-9-19-16)13-17(22)20-10-8-14-5-4-6-15(18)11-14/h2-7,9,11H,8,10,12-13H2,1H3,(H,20,22). The van der Waals surface area contributed by atoms with Crippen LogP contribution in [0.1, 0.15) is 11.3 Å². The van der Waals surface area contributed by atoms with Crippen LogP contribution in [-0.4, -0.2) is 43.0 Å². The maximum absolute atomic E-state index is 12.1. The molecule has 1 aromatic carbocycles. The Morgan fingerprint density at radius 3 is 2.68 bits per heavy atom. The van der Waals surface area contributed by atoms with Crippen LogP contribution < -0.4 is 5.32 Å². The summed E-state index contributed by atoms with van der Waals surface area (Å²) >= 11 is 5.92. The molecular weight excluding hydrogens is 362 g/mol. The number of amides is 1. The summed E-state index contributed by atoms with van der Waals surface area (Å²) in [5, 5.41) is 3.37. The van der Waals surface area contributed by atoms with Gasteiger partial charge in [-0.15, -0.1) is 0 Å². The van der Waals surface area contributed by atoms with Crippen molar-refractivity contribution in [3.8, 4) is 0 Å². The lowest BCUT2D eigenvalue weighted by atomic mass is 10.1. The normalized spacial score (nSPS) is 11.5. The number of rotatable bonds is 8. The first-order valence-electron chi connectivity index (χ1n) is 7.71. The van der Waals surface area contributed by atoms with E-state index in [1.807, 2.05) is 18.2 Å². The number of hydrogen-bond donors (Lipinski definition) is 1. The lowest BCUT2D eigenvalue weighted by molar-refractivity contribution is -0.121. The van der Waals surface area contributed by atoms with Gasteiger partial charge < -0.3 is 5.32 Å². The number of pyridine rings is 1. The van der Waals surface area contributed by atoms with Gasteiger partial charge in [0.15, 0.2) is 0 Å². The number of halogens is 1. The molecule has 0 saturated carbocycles. The molecular formula is C17H20ClN3O3S. The summed E-state index contributed by atoms with van der Waals surface area (Å²) < 4.78 is 24.9. The zero-order chi connectivity index (χ0) is 18.3. The van der Waals surface area contributed by atoms with E-state index in [2.05, 4.69) is 10.3 Å². The molecule has 1 amide bonds. The first kappa shape index (κ1) is 19.4.